The average molecular weight is 423 g/mol. The summed E-state index contributed by atoms with van der Waals surface area (Å²) in [4.78, 5) is 15.8. The van der Waals surface area contributed by atoms with Gasteiger partial charge in [-0.15, -0.1) is 11.6 Å². The molecule has 0 saturated carbocycles. The number of alkyl halides is 1. The number of aromatic nitrogens is 1. The highest BCUT2D eigenvalue weighted by molar-refractivity contribution is 9.10. The molecule has 1 N–H and O–H groups in total. The van der Waals surface area contributed by atoms with E-state index < -0.39 is 0 Å². The van der Waals surface area contributed by atoms with Crippen molar-refractivity contribution in [1.29, 1.82) is 0 Å². The van der Waals surface area contributed by atoms with E-state index in [2.05, 4.69) is 20.9 Å². The molecule has 0 aliphatic rings. The van der Waals surface area contributed by atoms with Crippen molar-refractivity contribution < 1.29 is 4.79 Å². The first-order chi connectivity index (χ1) is 11.6. The highest BCUT2D eigenvalue weighted by atomic mass is 79.9. The van der Waals surface area contributed by atoms with Gasteiger partial charge >= 0.3 is 0 Å². The molecule has 24 heavy (non-hydrogen) atoms. The number of carbonyl (C=O) groups excluding carboxylic acids is 1. The number of Topliss-reactive ketones (excluding diaryl/α,β-unsaturated/α-hetero) is 1. The first-order valence-electron chi connectivity index (χ1n) is 7.42. The van der Waals surface area contributed by atoms with Gasteiger partial charge in [-0.25, -0.2) is 0 Å². The number of ketones is 1. The van der Waals surface area contributed by atoms with Gasteiger partial charge in [0.05, 0.1) is 11.3 Å². The minimum absolute atomic E-state index is 0.0364. The quantitative estimate of drug-likeness (QED) is 0.366. The zero-order chi connectivity index (χ0) is 17.1. The van der Waals surface area contributed by atoms with Gasteiger partial charge in [-0.2, -0.15) is 0 Å². The van der Waals surface area contributed by atoms with Gasteiger partial charge in [0.25, 0.3) is 0 Å². The van der Waals surface area contributed by atoms with E-state index in [0.717, 1.165) is 26.6 Å². The Kier molecular flexibility index (Phi) is 5.44. The van der Waals surface area contributed by atoms with E-state index in [-0.39, 0.29) is 5.78 Å². The van der Waals surface area contributed by atoms with Crippen molar-refractivity contribution in [3.63, 3.8) is 0 Å². The molecule has 122 valence electrons. The largest absolute Gasteiger partial charge is 0.354 e. The molecule has 2 nitrogen and oxygen atoms in total. The minimum atomic E-state index is 0.0364. The van der Waals surface area contributed by atoms with Crippen LogP contribution < -0.4 is 0 Å². The Morgan fingerprint density at radius 3 is 2.58 bits per heavy atom. The molecule has 1 aromatic heterocycles. The molecule has 3 aromatic rings. The second-order valence-corrected chi connectivity index (χ2v) is 7.08. The Morgan fingerprint density at radius 2 is 1.88 bits per heavy atom. The van der Waals surface area contributed by atoms with E-state index in [0.29, 0.717) is 22.9 Å². The zero-order valence-electron chi connectivity index (χ0n) is 12.7. The molecule has 5 heteroatoms. The molecular weight excluding hydrogens is 409 g/mol. The molecule has 3 rings (SSSR count). The van der Waals surface area contributed by atoms with Crippen molar-refractivity contribution >= 4 is 68.0 Å². The summed E-state index contributed by atoms with van der Waals surface area (Å²) >= 11 is 15.1. The maximum Gasteiger partial charge on any atom is 0.166 e. The van der Waals surface area contributed by atoms with Gasteiger partial charge in [-0.05, 0) is 35.9 Å². The van der Waals surface area contributed by atoms with E-state index >= 15 is 0 Å². The molecule has 0 aliphatic carbocycles. The molecule has 0 atom stereocenters. The van der Waals surface area contributed by atoms with E-state index in [4.69, 9.17) is 23.2 Å². The van der Waals surface area contributed by atoms with Gasteiger partial charge in [0.15, 0.2) is 5.78 Å². The molecule has 0 spiro atoms. The molecule has 0 aliphatic heterocycles. The van der Waals surface area contributed by atoms with Crippen LogP contribution >= 0.6 is 39.1 Å². The zero-order valence-corrected chi connectivity index (χ0v) is 15.8. The monoisotopic (exact) mass is 421 g/mol. The maximum absolute atomic E-state index is 12.5. The molecule has 0 saturated heterocycles. The fraction of sp³-hybridized carbons (Fsp3) is 0.105. The molecule has 0 bridgehead atoms. The maximum atomic E-state index is 12.5. The van der Waals surface area contributed by atoms with E-state index in [1.807, 2.05) is 54.6 Å². The van der Waals surface area contributed by atoms with Crippen molar-refractivity contribution in [2.75, 3.05) is 5.88 Å². The highest BCUT2D eigenvalue weighted by Crippen LogP contribution is 2.28. The smallest absolute Gasteiger partial charge is 0.166 e. The summed E-state index contributed by atoms with van der Waals surface area (Å²) in [6.45, 7) is 0. The number of fused-ring (bicyclic) bond motifs is 1. The molecule has 2 aromatic carbocycles. The van der Waals surface area contributed by atoms with Crippen molar-refractivity contribution in [2.45, 2.75) is 6.42 Å². The Balaban J connectivity index is 2.06. The third-order valence-electron chi connectivity index (χ3n) is 3.70. The summed E-state index contributed by atoms with van der Waals surface area (Å²) < 4.78 is 0.959. The second kappa shape index (κ2) is 7.56. The van der Waals surface area contributed by atoms with Crippen LogP contribution in [0.3, 0.4) is 0 Å². The van der Waals surface area contributed by atoms with Crippen LogP contribution in [-0.4, -0.2) is 16.6 Å². The van der Waals surface area contributed by atoms with Gasteiger partial charge in [0.1, 0.15) is 0 Å². The summed E-state index contributed by atoms with van der Waals surface area (Å²) in [5.41, 5.74) is 3.39. The first kappa shape index (κ1) is 17.3. The average Bonchev–Trinajstić information content (AvgIpc) is 2.92. The molecule has 0 fully saturated rings. The third-order valence-corrected chi connectivity index (χ3v) is 4.64. The number of benzene rings is 2. The van der Waals surface area contributed by atoms with Gasteiger partial charge in [-0.3, -0.25) is 4.79 Å². The van der Waals surface area contributed by atoms with Crippen molar-refractivity contribution in [2.24, 2.45) is 0 Å². The van der Waals surface area contributed by atoms with Crippen LogP contribution in [0.4, 0.5) is 0 Å². The Morgan fingerprint density at radius 1 is 1.12 bits per heavy atom. The molecule has 0 amide bonds. The van der Waals surface area contributed by atoms with Crippen LogP contribution in [0.2, 0.25) is 5.02 Å². The first-order valence-corrected chi connectivity index (χ1v) is 9.13. The predicted molar refractivity (Wildman–Crippen MR) is 106 cm³/mol. The van der Waals surface area contributed by atoms with Crippen LogP contribution in [-0.2, 0) is 0 Å². The topological polar surface area (TPSA) is 32.9 Å². The number of rotatable bonds is 5. The van der Waals surface area contributed by atoms with Crippen LogP contribution in [0, 0.1) is 0 Å². The van der Waals surface area contributed by atoms with Crippen molar-refractivity contribution in [3.8, 4) is 0 Å². The normalized spacial score (nSPS) is 11.5. The van der Waals surface area contributed by atoms with Gasteiger partial charge in [0, 0.05) is 32.7 Å². The lowest BCUT2D eigenvalue weighted by atomic mass is 10.0. The van der Waals surface area contributed by atoms with E-state index in [1.54, 1.807) is 0 Å². The van der Waals surface area contributed by atoms with E-state index in [9.17, 15) is 4.79 Å². The minimum Gasteiger partial charge on any atom is -0.354 e. The number of aromatic amines is 1. The summed E-state index contributed by atoms with van der Waals surface area (Å²) in [7, 11) is 0. The molecule has 1 heterocycles. The lowest BCUT2D eigenvalue weighted by Crippen LogP contribution is -2.00. The summed E-state index contributed by atoms with van der Waals surface area (Å²) in [6, 6.07) is 13.4. The predicted octanol–water partition coefficient (Wildman–Crippen LogP) is 6.57. The second-order valence-electron chi connectivity index (χ2n) is 5.35. The fourth-order valence-corrected chi connectivity index (χ4v) is 3.24. The van der Waals surface area contributed by atoms with Crippen LogP contribution in [0.5, 0.6) is 0 Å². The van der Waals surface area contributed by atoms with Crippen molar-refractivity contribution in [1.82, 2.24) is 4.98 Å². The number of H-pyrrole nitrogens is 1. The standard InChI is InChI=1S/C19H14BrCl2NO/c20-13-4-7-15-17(11-13)23-16(19(15)18(24)9-10-21)8-3-12-1-5-14(22)6-2-12/h1-8,11,23H,9-10H2/b8-3+. The van der Waals surface area contributed by atoms with E-state index in [1.165, 1.54) is 0 Å². The Hall–Kier alpha value is -1.55. The number of nitrogens with one attached hydrogen (secondary N) is 1. The van der Waals surface area contributed by atoms with Crippen molar-refractivity contribution in [3.05, 3.63) is 68.8 Å². The summed E-state index contributed by atoms with van der Waals surface area (Å²) in [5.74, 6) is 0.344. The lowest BCUT2D eigenvalue weighted by molar-refractivity contribution is 0.0990. The summed E-state index contributed by atoms with van der Waals surface area (Å²) in [6.07, 6.45) is 4.18. The number of carbonyl (C=O) groups is 1. The SMILES string of the molecule is O=C(CCCl)c1c(/C=C/c2ccc(Cl)cc2)[nH]c2cc(Br)ccc12. The van der Waals surface area contributed by atoms with Gasteiger partial charge in [-0.1, -0.05) is 51.8 Å². The summed E-state index contributed by atoms with van der Waals surface area (Å²) in [5, 5.41) is 1.60. The Bertz CT molecular complexity index is 913. The van der Waals surface area contributed by atoms with Gasteiger partial charge < -0.3 is 4.98 Å². The van der Waals surface area contributed by atoms with Crippen LogP contribution in [0.25, 0.3) is 23.1 Å². The van der Waals surface area contributed by atoms with Crippen LogP contribution in [0.1, 0.15) is 28.0 Å². The third kappa shape index (κ3) is 3.75. The highest BCUT2D eigenvalue weighted by Gasteiger charge is 2.16. The fourth-order valence-electron chi connectivity index (χ4n) is 2.58. The van der Waals surface area contributed by atoms with Crippen LogP contribution in [0.15, 0.2) is 46.9 Å². The molecule has 0 radical (unpaired) electrons. The van der Waals surface area contributed by atoms with Gasteiger partial charge in [0.2, 0.25) is 0 Å². The Labute approximate surface area is 158 Å². The number of halogens is 3. The lowest BCUT2D eigenvalue weighted by Gasteiger charge is -2.00. The number of hydrogen-bond acceptors (Lipinski definition) is 1. The molecular formula is C19H14BrCl2NO. The molecule has 0 unspecified atom stereocenters. The number of hydrogen-bond donors (Lipinski definition) is 1.